The third kappa shape index (κ3) is 5.50. The predicted octanol–water partition coefficient (Wildman–Crippen LogP) is 3.28. The fourth-order valence-corrected chi connectivity index (χ4v) is 3.45. The lowest BCUT2D eigenvalue weighted by molar-refractivity contribution is 0.0954. The number of rotatable bonds is 7. The normalized spacial score (nSPS) is 11.5. The Morgan fingerprint density at radius 1 is 1.07 bits per heavy atom. The van der Waals surface area contributed by atoms with E-state index in [1.807, 2.05) is 26.0 Å². The Morgan fingerprint density at radius 3 is 2.22 bits per heavy atom. The number of carbonyl (C=O) groups is 1. The average Bonchev–Trinajstić information content (AvgIpc) is 2.60. The Balaban J connectivity index is 2.06. The molecule has 0 fully saturated rings. The van der Waals surface area contributed by atoms with Gasteiger partial charge in [0.15, 0.2) is 11.6 Å². The van der Waals surface area contributed by atoms with Gasteiger partial charge in [-0.1, -0.05) is 26.0 Å². The van der Waals surface area contributed by atoms with Crippen LogP contribution < -0.4 is 9.62 Å². The molecule has 0 atom stereocenters. The largest absolute Gasteiger partial charge is 0.350 e. The third-order valence-electron chi connectivity index (χ3n) is 4.03. The van der Waals surface area contributed by atoms with Gasteiger partial charge in [-0.25, -0.2) is 17.2 Å². The lowest BCUT2D eigenvalue weighted by Gasteiger charge is -2.23. The number of carbonyl (C=O) groups excluding carboxylic acids is 1. The Labute approximate surface area is 158 Å². The molecule has 0 aromatic heterocycles. The van der Waals surface area contributed by atoms with E-state index in [9.17, 15) is 22.0 Å². The molecular formula is C19H22F2N2O3S. The van der Waals surface area contributed by atoms with Crippen LogP contribution in [-0.2, 0) is 10.0 Å². The highest BCUT2D eigenvalue weighted by Gasteiger charge is 2.18. The maximum atomic E-state index is 13.2. The Hall–Kier alpha value is -2.48. The lowest BCUT2D eigenvalue weighted by atomic mass is 10.0. The van der Waals surface area contributed by atoms with Crippen LogP contribution in [0.3, 0.4) is 0 Å². The molecule has 0 saturated heterocycles. The molecule has 0 aliphatic rings. The maximum absolute atomic E-state index is 13.2. The minimum atomic E-state index is -3.55. The van der Waals surface area contributed by atoms with Gasteiger partial charge in [-0.2, -0.15) is 0 Å². The second-order valence-electron chi connectivity index (χ2n) is 6.47. The summed E-state index contributed by atoms with van der Waals surface area (Å²) in [6, 6.07) is 9.97. The molecule has 146 valence electrons. The van der Waals surface area contributed by atoms with E-state index in [0.29, 0.717) is 11.6 Å². The second kappa shape index (κ2) is 8.47. The summed E-state index contributed by atoms with van der Waals surface area (Å²) in [5.41, 5.74) is 1.53. The quantitative estimate of drug-likeness (QED) is 0.781. The molecule has 0 bridgehead atoms. The van der Waals surface area contributed by atoms with Gasteiger partial charge in [0, 0.05) is 12.1 Å². The first kappa shape index (κ1) is 20.8. The molecule has 2 aromatic carbocycles. The molecule has 1 N–H and O–H groups in total. The standard InChI is InChI=1S/C19H22F2N2O3S/c1-13(2)14-4-7-16(8-5-14)23(27(3,25)26)11-10-22-19(24)15-6-9-17(20)18(21)12-15/h4-9,12-13H,10-11H2,1-3H3,(H,22,24). The zero-order valence-corrected chi connectivity index (χ0v) is 16.2. The molecule has 0 unspecified atom stereocenters. The van der Waals surface area contributed by atoms with E-state index in [1.165, 1.54) is 4.31 Å². The summed E-state index contributed by atoms with van der Waals surface area (Å²) < 4.78 is 51.5. The van der Waals surface area contributed by atoms with E-state index in [-0.39, 0.29) is 18.7 Å². The van der Waals surface area contributed by atoms with Crippen LogP contribution in [0.25, 0.3) is 0 Å². The number of amides is 1. The van der Waals surface area contributed by atoms with Crippen LogP contribution in [-0.4, -0.2) is 33.7 Å². The molecule has 0 spiro atoms. The highest BCUT2D eigenvalue weighted by atomic mass is 32.2. The van der Waals surface area contributed by atoms with E-state index in [4.69, 9.17) is 0 Å². The lowest BCUT2D eigenvalue weighted by Crippen LogP contribution is -2.38. The molecule has 2 rings (SSSR count). The molecule has 5 nitrogen and oxygen atoms in total. The summed E-state index contributed by atoms with van der Waals surface area (Å²) in [6.07, 6.45) is 1.08. The number of hydrogen-bond donors (Lipinski definition) is 1. The van der Waals surface area contributed by atoms with Crippen molar-refractivity contribution in [3.8, 4) is 0 Å². The van der Waals surface area contributed by atoms with Gasteiger partial charge in [0.25, 0.3) is 5.91 Å². The summed E-state index contributed by atoms with van der Waals surface area (Å²) in [4.78, 5) is 12.0. The SMILES string of the molecule is CC(C)c1ccc(N(CCNC(=O)c2ccc(F)c(F)c2)S(C)(=O)=O)cc1. The smallest absolute Gasteiger partial charge is 0.251 e. The van der Waals surface area contributed by atoms with Crippen molar-refractivity contribution in [2.24, 2.45) is 0 Å². The van der Waals surface area contributed by atoms with Crippen molar-refractivity contribution in [1.29, 1.82) is 0 Å². The van der Waals surface area contributed by atoms with Crippen LogP contribution in [0, 0.1) is 11.6 Å². The third-order valence-corrected chi connectivity index (χ3v) is 5.22. The summed E-state index contributed by atoms with van der Waals surface area (Å²) >= 11 is 0. The molecule has 8 heteroatoms. The molecule has 0 aliphatic carbocycles. The van der Waals surface area contributed by atoms with Gasteiger partial charge in [-0.15, -0.1) is 0 Å². The highest BCUT2D eigenvalue weighted by Crippen LogP contribution is 2.21. The Bertz CT molecular complexity index is 913. The fraction of sp³-hybridized carbons (Fsp3) is 0.316. The predicted molar refractivity (Wildman–Crippen MR) is 101 cm³/mol. The van der Waals surface area contributed by atoms with Crippen molar-refractivity contribution < 1.29 is 22.0 Å². The number of halogens is 2. The number of nitrogens with one attached hydrogen (secondary N) is 1. The van der Waals surface area contributed by atoms with Crippen LogP contribution in [0.5, 0.6) is 0 Å². The number of hydrogen-bond acceptors (Lipinski definition) is 3. The van der Waals surface area contributed by atoms with E-state index >= 15 is 0 Å². The van der Waals surface area contributed by atoms with Crippen LogP contribution in [0.2, 0.25) is 0 Å². The summed E-state index contributed by atoms with van der Waals surface area (Å²) in [5.74, 6) is -2.45. The molecule has 0 saturated carbocycles. The van der Waals surface area contributed by atoms with E-state index < -0.39 is 27.6 Å². The van der Waals surface area contributed by atoms with E-state index in [1.54, 1.807) is 12.1 Å². The number of sulfonamides is 1. The zero-order chi connectivity index (χ0) is 20.2. The topological polar surface area (TPSA) is 66.5 Å². The number of benzene rings is 2. The van der Waals surface area contributed by atoms with Gasteiger partial charge in [0.1, 0.15) is 0 Å². The summed E-state index contributed by atoms with van der Waals surface area (Å²) in [6.45, 7) is 4.10. The monoisotopic (exact) mass is 396 g/mol. The number of nitrogens with zero attached hydrogens (tertiary/aromatic N) is 1. The van der Waals surface area contributed by atoms with Crippen molar-refractivity contribution in [2.75, 3.05) is 23.7 Å². The summed E-state index contributed by atoms with van der Waals surface area (Å²) in [7, 11) is -3.55. The average molecular weight is 396 g/mol. The first-order valence-corrected chi connectivity index (χ1v) is 10.3. The van der Waals surface area contributed by atoms with Crippen LogP contribution in [0.15, 0.2) is 42.5 Å². The van der Waals surface area contributed by atoms with Gasteiger partial charge in [0.05, 0.1) is 18.5 Å². The van der Waals surface area contributed by atoms with Crippen molar-refractivity contribution in [3.63, 3.8) is 0 Å². The molecule has 2 aromatic rings. The minimum absolute atomic E-state index is 0.00920. The van der Waals surface area contributed by atoms with Gasteiger partial charge < -0.3 is 5.32 Å². The van der Waals surface area contributed by atoms with Crippen LogP contribution in [0.1, 0.15) is 35.7 Å². The first-order valence-electron chi connectivity index (χ1n) is 8.40. The van der Waals surface area contributed by atoms with E-state index in [0.717, 1.165) is 30.0 Å². The van der Waals surface area contributed by atoms with Crippen LogP contribution >= 0.6 is 0 Å². The Morgan fingerprint density at radius 2 is 1.70 bits per heavy atom. The number of anilines is 1. The van der Waals surface area contributed by atoms with Gasteiger partial charge in [0.2, 0.25) is 10.0 Å². The van der Waals surface area contributed by atoms with Crippen molar-refractivity contribution in [1.82, 2.24) is 5.32 Å². The van der Waals surface area contributed by atoms with E-state index in [2.05, 4.69) is 5.32 Å². The first-order chi connectivity index (χ1) is 12.6. The minimum Gasteiger partial charge on any atom is -0.350 e. The van der Waals surface area contributed by atoms with Crippen molar-refractivity contribution >= 4 is 21.6 Å². The fourth-order valence-electron chi connectivity index (χ4n) is 2.52. The molecule has 1 amide bonds. The second-order valence-corrected chi connectivity index (χ2v) is 8.37. The zero-order valence-electron chi connectivity index (χ0n) is 15.4. The van der Waals surface area contributed by atoms with Gasteiger partial charge in [-0.3, -0.25) is 9.10 Å². The van der Waals surface area contributed by atoms with Gasteiger partial charge in [-0.05, 0) is 41.8 Å². The van der Waals surface area contributed by atoms with Crippen LogP contribution in [0.4, 0.5) is 14.5 Å². The van der Waals surface area contributed by atoms with Crippen molar-refractivity contribution in [3.05, 3.63) is 65.2 Å². The molecule has 0 radical (unpaired) electrons. The summed E-state index contributed by atoms with van der Waals surface area (Å²) in [5, 5.41) is 2.51. The molecule has 0 heterocycles. The van der Waals surface area contributed by atoms with Crippen molar-refractivity contribution in [2.45, 2.75) is 19.8 Å². The maximum Gasteiger partial charge on any atom is 0.251 e. The molecule has 0 aliphatic heterocycles. The highest BCUT2D eigenvalue weighted by molar-refractivity contribution is 7.92. The molecular weight excluding hydrogens is 374 g/mol. The Kier molecular flexibility index (Phi) is 6.54. The molecule has 27 heavy (non-hydrogen) atoms. The van der Waals surface area contributed by atoms with Gasteiger partial charge >= 0.3 is 0 Å².